The highest BCUT2D eigenvalue weighted by atomic mass is 16.5. The maximum Gasteiger partial charge on any atom is 0.124 e. The molecule has 1 aromatic rings. The first-order valence-electron chi connectivity index (χ1n) is 7.37. The van der Waals surface area contributed by atoms with Crippen LogP contribution in [0.3, 0.4) is 0 Å². The van der Waals surface area contributed by atoms with Crippen molar-refractivity contribution in [2.24, 2.45) is 5.41 Å². The maximum atomic E-state index is 5.88. The quantitative estimate of drug-likeness (QED) is 0.823. The fourth-order valence-electron chi connectivity index (χ4n) is 2.54. The SMILES string of the molecule is CCCOc1ccccc1C(NC)C(OC)C(C)(C)C. The predicted molar refractivity (Wildman–Crippen MR) is 84.3 cm³/mol. The van der Waals surface area contributed by atoms with Crippen molar-refractivity contribution in [3.05, 3.63) is 29.8 Å². The molecule has 0 saturated heterocycles. The molecule has 0 aliphatic carbocycles. The Balaban J connectivity index is 3.11. The number of rotatable bonds is 7. The Morgan fingerprint density at radius 3 is 2.35 bits per heavy atom. The van der Waals surface area contributed by atoms with Gasteiger partial charge in [0.15, 0.2) is 0 Å². The van der Waals surface area contributed by atoms with Crippen molar-refractivity contribution in [2.75, 3.05) is 20.8 Å². The van der Waals surface area contributed by atoms with Gasteiger partial charge in [0, 0.05) is 12.7 Å². The third-order valence-corrected chi connectivity index (χ3v) is 3.44. The zero-order valence-corrected chi connectivity index (χ0v) is 13.7. The standard InChI is InChI=1S/C17H29NO2/c1-7-12-20-14-11-9-8-10-13(14)15(18-5)16(19-6)17(2,3)4/h8-11,15-16,18H,7,12H2,1-6H3. The Morgan fingerprint density at radius 1 is 1.20 bits per heavy atom. The van der Waals surface area contributed by atoms with Crippen molar-refractivity contribution in [3.63, 3.8) is 0 Å². The van der Waals surface area contributed by atoms with Gasteiger partial charge in [-0.1, -0.05) is 45.9 Å². The lowest BCUT2D eigenvalue weighted by Crippen LogP contribution is -2.40. The second-order valence-corrected chi connectivity index (χ2v) is 6.17. The molecule has 0 fully saturated rings. The van der Waals surface area contributed by atoms with Gasteiger partial charge in [-0.2, -0.15) is 0 Å². The smallest absolute Gasteiger partial charge is 0.124 e. The van der Waals surface area contributed by atoms with Crippen LogP contribution in [0.25, 0.3) is 0 Å². The van der Waals surface area contributed by atoms with Crippen LogP contribution in [0.4, 0.5) is 0 Å². The van der Waals surface area contributed by atoms with E-state index in [0.29, 0.717) is 0 Å². The van der Waals surface area contributed by atoms with Crippen molar-refractivity contribution in [2.45, 2.75) is 46.3 Å². The molecular weight excluding hydrogens is 250 g/mol. The summed E-state index contributed by atoms with van der Waals surface area (Å²) in [6.45, 7) is 9.44. The zero-order chi connectivity index (χ0) is 15.2. The van der Waals surface area contributed by atoms with Crippen molar-refractivity contribution in [1.29, 1.82) is 0 Å². The van der Waals surface area contributed by atoms with Gasteiger partial charge in [0.05, 0.1) is 18.8 Å². The summed E-state index contributed by atoms with van der Waals surface area (Å²) < 4.78 is 11.6. The first kappa shape index (κ1) is 17.0. The Labute approximate surface area is 123 Å². The van der Waals surface area contributed by atoms with Crippen molar-refractivity contribution in [1.82, 2.24) is 5.32 Å². The second-order valence-electron chi connectivity index (χ2n) is 6.17. The third-order valence-electron chi connectivity index (χ3n) is 3.44. The van der Waals surface area contributed by atoms with E-state index in [4.69, 9.17) is 9.47 Å². The van der Waals surface area contributed by atoms with Crippen LogP contribution >= 0.6 is 0 Å². The summed E-state index contributed by atoms with van der Waals surface area (Å²) in [5.41, 5.74) is 1.20. The first-order chi connectivity index (χ1) is 9.45. The highest BCUT2D eigenvalue weighted by molar-refractivity contribution is 5.37. The molecule has 0 aliphatic heterocycles. The lowest BCUT2D eigenvalue weighted by atomic mass is 9.82. The molecule has 0 aromatic heterocycles. The van der Waals surface area contributed by atoms with Crippen LogP contribution in [0.2, 0.25) is 0 Å². The van der Waals surface area contributed by atoms with E-state index in [2.05, 4.69) is 39.1 Å². The number of benzene rings is 1. The van der Waals surface area contributed by atoms with Crippen LogP contribution in [-0.4, -0.2) is 26.9 Å². The van der Waals surface area contributed by atoms with Crippen molar-refractivity contribution >= 4 is 0 Å². The average molecular weight is 279 g/mol. The van der Waals surface area contributed by atoms with Gasteiger partial charge in [0.1, 0.15) is 5.75 Å². The number of likely N-dealkylation sites (N-methyl/N-ethyl adjacent to an activating group) is 1. The van der Waals surface area contributed by atoms with Crippen molar-refractivity contribution < 1.29 is 9.47 Å². The summed E-state index contributed by atoms with van der Waals surface area (Å²) >= 11 is 0. The van der Waals surface area contributed by atoms with Crippen molar-refractivity contribution in [3.8, 4) is 5.75 Å². The van der Waals surface area contributed by atoms with E-state index in [1.165, 1.54) is 0 Å². The van der Waals surface area contributed by atoms with Gasteiger partial charge in [-0.15, -0.1) is 0 Å². The van der Waals surface area contributed by atoms with Gasteiger partial charge in [0.2, 0.25) is 0 Å². The number of ether oxygens (including phenoxy) is 2. The van der Waals surface area contributed by atoms with Gasteiger partial charge in [-0.25, -0.2) is 0 Å². The van der Waals surface area contributed by atoms with E-state index in [-0.39, 0.29) is 17.6 Å². The van der Waals surface area contributed by atoms with Crippen LogP contribution in [0.15, 0.2) is 24.3 Å². The highest BCUT2D eigenvalue weighted by Crippen LogP contribution is 2.36. The van der Waals surface area contributed by atoms with Crippen LogP contribution in [0, 0.1) is 5.41 Å². The summed E-state index contributed by atoms with van der Waals surface area (Å²) in [5, 5.41) is 3.39. The largest absolute Gasteiger partial charge is 0.493 e. The second kappa shape index (κ2) is 7.65. The molecule has 0 bridgehead atoms. The number of hydrogen-bond acceptors (Lipinski definition) is 3. The van der Waals surface area contributed by atoms with E-state index < -0.39 is 0 Å². The van der Waals surface area contributed by atoms with E-state index in [9.17, 15) is 0 Å². The molecule has 3 heteroatoms. The number of hydrogen-bond donors (Lipinski definition) is 1. The molecular formula is C17H29NO2. The molecule has 114 valence electrons. The molecule has 1 N–H and O–H groups in total. The molecule has 0 heterocycles. The van der Waals surface area contributed by atoms with Gasteiger partial charge >= 0.3 is 0 Å². The molecule has 2 unspecified atom stereocenters. The Bertz CT molecular complexity index is 398. The lowest BCUT2D eigenvalue weighted by molar-refractivity contribution is -0.0107. The molecule has 0 radical (unpaired) electrons. The highest BCUT2D eigenvalue weighted by Gasteiger charge is 2.33. The van der Waals surface area contributed by atoms with E-state index in [1.807, 2.05) is 25.2 Å². The zero-order valence-electron chi connectivity index (χ0n) is 13.7. The van der Waals surface area contributed by atoms with Gasteiger partial charge in [0.25, 0.3) is 0 Å². The summed E-state index contributed by atoms with van der Waals surface area (Å²) in [6.07, 6.45) is 1.07. The van der Waals surface area contributed by atoms with Crippen LogP contribution in [0.1, 0.15) is 45.7 Å². The summed E-state index contributed by atoms with van der Waals surface area (Å²) in [7, 11) is 3.74. The van der Waals surface area contributed by atoms with E-state index in [1.54, 1.807) is 7.11 Å². The molecule has 0 amide bonds. The molecule has 0 saturated carbocycles. The van der Waals surface area contributed by atoms with Gasteiger partial charge in [-0.05, 0) is 24.9 Å². The first-order valence-corrected chi connectivity index (χ1v) is 7.37. The van der Waals surface area contributed by atoms with E-state index >= 15 is 0 Å². The topological polar surface area (TPSA) is 30.5 Å². The Kier molecular flexibility index (Phi) is 6.50. The molecule has 2 atom stereocenters. The van der Waals surface area contributed by atoms with Crippen LogP contribution in [-0.2, 0) is 4.74 Å². The maximum absolute atomic E-state index is 5.88. The fourth-order valence-corrected chi connectivity index (χ4v) is 2.54. The minimum absolute atomic E-state index is 0.0420. The number of para-hydroxylation sites is 1. The average Bonchev–Trinajstić information content (AvgIpc) is 2.41. The van der Waals surface area contributed by atoms with E-state index in [0.717, 1.165) is 24.3 Å². The van der Waals surface area contributed by atoms with Gasteiger partial charge in [-0.3, -0.25) is 0 Å². The Hall–Kier alpha value is -1.06. The number of methoxy groups -OCH3 is 1. The Morgan fingerprint density at radius 2 is 1.85 bits per heavy atom. The molecule has 0 aliphatic rings. The molecule has 0 spiro atoms. The molecule has 1 rings (SSSR count). The van der Waals surface area contributed by atoms with Gasteiger partial charge < -0.3 is 14.8 Å². The normalized spacial score (nSPS) is 14.9. The van der Waals surface area contributed by atoms with Crippen LogP contribution in [0.5, 0.6) is 5.75 Å². The monoisotopic (exact) mass is 279 g/mol. The molecule has 3 nitrogen and oxygen atoms in total. The summed E-state index contributed by atoms with van der Waals surface area (Å²) in [6, 6.07) is 8.32. The third kappa shape index (κ3) is 4.22. The molecule has 1 aromatic carbocycles. The predicted octanol–water partition coefficient (Wildman–Crippen LogP) is 3.80. The number of nitrogens with one attached hydrogen (secondary N) is 1. The lowest BCUT2D eigenvalue weighted by Gasteiger charge is -2.36. The minimum Gasteiger partial charge on any atom is -0.493 e. The summed E-state index contributed by atoms with van der Waals surface area (Å²) in [4.78, 5) is 0. The minimum atomic E-state index is 0.0420. The fraction of sp³-hybridized carbons (Fsp3) is 0.647. The summed E-state index contributed by atoms with van der Waals surface area (Å²) in [5.74, 6) is 0.944. The molecule has 20 heavy (non-hydrogen) atoms. The van der Waals surface area contributed by atoms with Crippen LogP contribution < -0.4 is 10.1 Å².